The van der Waals surface area contributed by atoms with Crippen LogP contribution in [0.4, 0.5) is 0 Å². The second kappa shape index (κ2) is 12.2. The van der Waals surface area contributed by atoms with Crippen LogP contribution in [0.15, 0.2) is 79.0 Å². The number of methoxy groups -OCH3 is 1. The van der Waals surface area contributed by atoms with Gasteiger partial charge in [-0.05, 0) is 74.3 Å². The maximum atomic E-state index is 13.2. The summed E-state index contributed by atoms with van der Waals surface area (Å²) in [5.74, 6) is 1.77. The molecule has 6 heteroatoms. The zero-order chi connectivity index (χ0) is 23.6. The number of hydrogen-bond donors (Lipinski definition) is 1. The van der Waals surface area contributed by atoms with Gasteiger partial charge in [0, 0.05) is 18.7 Å². The third kappa shape index (κ3) is 6.58. The highest BCUT2D eigenvalue weighted by molar-refractivity contribution is 5.79. The van der Waals surface area contributed by atoms with Gasteiger partial charge in [-0.25, -0.2) is 0 Å². The van der Waals surface area contributed by atoms with Crippen LogP contribution >= 0.6 is 0 Å². The van der Waals surface area contributed by atoms with E-state index in [4.69, 9.17) is 9.47 Å². The molecule has 1 aliphatic heterocycles. The van der Waals surface area contributed by atoms with Crippen LogP contribution in [0.2, 0.25) is 0 Å². The summed E-state index contributed by atoms with van der Waals surface area (Å²) in [6, 6.07) is 23.2. The Bertz CT molecular complexity index is 1020. The third-order valence-electron chi connectivity index (χ3n) is 6.29. The molecule has 1 atom stereocenters. The number of nitrogens with zero attached hydrogens (tertiary/aromatic N) is 2. The molecule has 1 aliphatic rings. The molecule has 3 aromatic rings. The second-order valence-electron chi connectivity index (χ2n) is 8.60. The van der Waals surface area contributed by atoms with Crippen molar-refractivity contribution in [2.45, 2.75) is 25.3 Å². The lowest BCUT2D eigenvalue weighted by Crippen LogP contribution is -2.42. The van der Waals surface area contributed by atoms with E-state index < -0.39 is 0 Å². The summed E-state index contributed by atoms with van der Waals surface area (Å²) in [6.07, 6.45) is 4.45. The van der Waals surface area contributed by atoms with E-state index in [-0.39, 0.29) is 17.9 Å². The summed E-state index contributed by atoms with van der Waals surface area (Å²) in [7, 11) is 1.65. The molecule has 2 heterocycles. The molecule has 1 amide bonds. The van der Waals surface area contributed by atoms with Crippen molar-refractivity contribution < 1.29 is 14.3 Å². The van der Waals surface area contributed by atoms with Crippen molar-refractivity contribution in [2.75, 3.05) is 33.4 Å². The Balaban J connectivity index is 1.29. The average molecular weight is 460 g/mol. The van der Waals surface area contributed by atoms with Crippen LogP contribution in [0, 0.1) is 5.92 Å². The Hall–Kier alpha value is -3.38. The van der Waals surface area contributed by atoms with Gasteiger partial charge in [0.15, 0.2) is 0 Å². The lowest BCUT2D eigenvalue weighted by molar-refractivity contribution is -0.127. The van der Waals surface area contributed by atoms with Crippen LogP contribution in [0.3, 0.4) is 0 Å². The van der Waals surface area contributed by atoms with Crippen LogP contribution in [0.5, 0.6) is 11.5 Å². The van der Waals surface area contributed by atoms with Crippen molar-refractivity contribution in [3.05, 3.63) is 90.3 Å². The standard InChI is InChI=1S/C28H33N3O3/c1-33-25-12-7-9-23(21-25)27(26-13-5-6-16-29-26)30-28(32)22-14-18-31(19-15-22)17-8-20-34-24-10-3-2-4-11-24/h2-7,9-13,16,21-22,27H,8,14-15,17-20H2,1H3,(H,30,32). The van der Waals surface area contributed by atoms with Gasteiger partial charge in [-0.3, -0.25) is 9.78 Å². The van der Waals surface area contributed by atoms with Gasteiger partial charge >= 0.3 is 0 Å². The smallest absolute Gasteiger partial charge is 0.224 e. The van der Waals surface area contributed by atoms with Gasteiger partial charge in [0.1, 0.15) is 11.5 Å². The molecule has 1 aromatic heterocycles. The second-order valence-corrected chi connectivity index (χ2v) is 8.60. The van der Waals surface area contributed by atoms with Gasteiger partial charge < -0.3 is 19.7 Å². The number of carbonyl (C=O) groups is 1. The van der Waals surface area contributed by atoms with Crippen molar-refractivity contribution in [2.24, 2.45) is 5.92 Å². The third-order valence-corrected chi connectivity index (χ3v) is 6.29. The van der Waals surface area contributed by atoms with Gasteiger partial charge in [0.2, 0.25) is 5.91 Å². The maximum absolute atomic E-state index is 13.2. The van der Waals surface area contributed by atoms with Crippen molar-refractivity contribution in [1.29, 1.82) is 0 Å². The molecule has 1 N–H and O–H groups in total. The number of piperidine rings is 1. The molecule has 0 aliphatic carbocycles. The largest absolute Gasteiger partial charge is 0.497 e. The van der Waals surface area contributed by atoms with Crippen molar-refractivity contribution in [3.63, 3.8) is 0 Å². The number of para-hydroxylation sites is 1. The van der Waals surface area contributed by atoms with Crippen LogP contribution in [0.1, 0.15) is 36.6 Å². The van der Waals surface area contributed by atoms with E-state index in [0.717, 1.165) is 61.7 Å². The molecule has 4 rings (SSSR count). The van der Waals surface area contributed by atoms with Gasteiger partial charge in [-0.1, -0.05) is 36.4 Å². The minimum atomic E-state index is -0.308. The van der Waals surface area contributed by atoms with Crippen LogP contribution < -0.4 is 14.8 Å². The first-order valence-electron chi connectivity index (χ1n) is 12.0. The van der Waals surface area contributed by atoms with Crippen molar-refractivity contribution in [1.82, 2.24) is 15.2 Å². The van der Waals surface area contributed by atoms with E-state index in [2.05, 4.69) is 15.2 Å². The number of carbonyl (C=O) groups excluding carboxylic acids is 1. The molecule has 2 aromatic carbocycles. The van der Waals surface area contributed by atoms with Crippen LogP contribution in [-0.4, -0.2) is 49.1 Å². The Labute approximate surface area is 201 Å². The topological polar surface area (TPSA) is 63.7 Å². The zero-order valence-electron chi connectivity index (χ0n) is 19.7. The quantitative estimate of drug-likeness (QED) is 0.453. The monoisotopic (exact) mass is 459 g/mol. The first kappa shape index (κ1) is 23.8. The summed E-state index contributed by atoms with van der Waals surface area (Å²) in [4.78, 5) is 20.2. The molecule has 0 radical (unpaired) electrons. The van der Waals surface area contributed by atoms with E-state index in [9.17, 15) is 4.79 Å². The Morgan fingerprint density at radius 1 is 1.03 bits per heavy atom. The minimum Gasteiger partial charge on any atom is -0.497 e. The van der Waals surface area contributed by atoms with E-state index in [0.29, 0.717) is 6.61 Å². The molecular weight excluding hydrogens is 426 g/mol. The fourth-order valence-electron chi connectivity index (χ4n) is 4.37. The number of nitrogens with one attached hydrogen (secondary N) is 1. The molecule has 0 spiro atoms. The summed E-state index contributed by atoms with van der Waals surface area (Å²) >= 11 is 0. The molecule has 6 nitrogen and oxygen atoms in total. The maximum Gasteiger partial charge on any atom is 0.224 e. The lowest BCUT2D eigenvalue weighted by atomic mass is 9.94. The highest BCUT2D eigenvalue weighted by Gasteiger charge is 2.28. The van der Waals surface area contributed by atoms with Crippen LogP contribution in [-0.2, 0) is 4.79 Å². The number of benzene rings is 2. The highest BCUT2D eigenvalue weighted by atomic mass is 16.5. The Morgan fingerprint density at radius 2 is 1.79 bits per heavy atom. The fraction of sp³-hybridized carbons (Fsp3) is 0.357. The van der Waals surface area contributed by atoms with E-state index in [1.165, 1.54) is 0 Å². The minimum absolute atomic E-state index is 0.00800. The van der Waals surface area contributed by atoms with Crippen molar-refractivity contribution >= 4 is 5.91 Å². The SMILES string of the molecule is COc1cccc(C(NC(=O)C2CCN(CCCOc3ccccc3)CC2)c2ccccn2)c1. The number of ether oxygens (including phenoxy) is 2. The van der Waals surface area contributed by atoms with E-state index >= 15 is 0 Å². The zero-order valence-corrected chi connectivity index (χ0v) is 19.7. The highest BCUT2D eigenvalue weighted by Crippen LogP contribution is 2.26. The Kier molecular flexibility index (Phi) is 8.52. The molecule has 0 saturated carbocycles. The fourth-order valence-corrected chi connectivity index (χ4v) is 4.37. The van der Waals surface area contributed by atoms with Crippen molar-refractivity contribution in [3.8, 4) is 11.5 Å². The lowest BCUT2D eigenvalue weighted by Gasteiger charge is -2.32. The number of likely N-dealkylation sites (tertiary alicyclic amines) is 1. The van der Waals surface area contributed by atoms with Gasteiger partial charge in [-0.15, -0.1) is 0 Å². The summed E-state index contributed by atoms with van der Waals surface area (Å²) < 4.78 is 11.2. The first-order valence-corrected chi connectivity index (χ1v) is 12.0. The molecule has 34 heavy (non-hydrogen) atoms. The molecule has 178 valence electrons. The Morgan fingerprint density at radius 3 is 2.53 bits per heavy atom. The van der Waals surface area contributed by atoms with E-state index in [1.807, 2.05) is 72.8 Å². The van der Waals surface area contributed by atoms with Crippen LogP contribution in [0.25, 0.3) is 0 Å². The molecule has 1 fully saturated rings. The molecule has 0 bridgehead atoms. The summed E-state index contributed by atoms with van der Waals surface area (Å²) in [5, 5.41) is 3.26. The normalized spacial score (nSPS) is 15.4. The number of aromatic nitrogens is 1. The average Bonchev–Trinajstić information content (AvgIpc) is 2.91. The summed E-state index contributed by atoms with van der Waals surface area (Å²) in [6.45, 7) is 3.55. The predicted molar refractivity (Wildman–Crippen MR) is 133 cm³/mol. The number of amides is 1. The molecular formula is C28H33N3O3. The summed E-state index contributed by atoms with van der Waals surface area (Å²) in [5.41, 5.74) is 1.78. The molecule has 1 unspecified atom stereocenters. The van der Waals surface area contributed by atoms with E-state index in [1.54, 1.807) is 13.3 Å². The van der Waals surface area contributed by atoms with Gasteiger partial charge in [-0.2, -0.15) is 0 Å². The molecule has 1 saturated heterocycles. The van der Waals surface area contributed by atoms with Gasteiger partial charge in [0.05, 0.1) is 25.5 Å². The number of hydrogen-bond acceptors (Lipinski definition) is 5. The first-order chi connectivity index (χ1) is 16.7. The number of pyridine rings is 1. The number of rotatable bonds is 10. The van der Waals surface area contributed by atoms with Gasteiger partial charge in [0.25, 0.3) is 0 Å². The predicted octanol–water partition coefficient (Wildman–Crippen LogP) is 4.48.